The Morgan fingerprint density at radius 1 is 1.33 bits per heavy atom. The summed E-state index contributed by atoms with van der Waals surface area (Å²) in [7, 11) is -3.64. The lowest BCUT2D eigenvalue weighted by molar-refractivity contribution is 0.297. The first-order valence-electron chi connectivity index (χ1n) is 6.07. The van der Waals surface area contributed by atoms with Crippen LogP contribution in [0.4, 0.5) is 0 Å². The highest BCUT2D eigenvalue weighted by Gasteiger charge is 2.11. The number of sulfonamides is 1. The van der Waals surface area contributed by atoms with Crippen LogP contribution in [0.1, 0.15) is 32.3 Å². The number of rotatable bonds is 6. The minimum atomic E-state index is -3.64. The summed E-state index contributed by atoms with van der Waals surface area (Å²) >= 11 is 0. The van der Waals surface area contributed by atoms with Crippen LogP contribution in [-0.2, 0) is 10.0 Å². The fourth-order valence-electron chi connectivity index (χ4n) is 1.71. The number of primary sulfonamides is 1. The Bertz CT molecular complexity index is 495. The van der Waals surface area contributed by atoms with Crippen LogP contribution in [0.3, 0.4) is 0 Å². The van der Waals surface area contributed by atoms with Crippen molar-refractivity contribution in [2.24, 2.45) is 11.1 Å². The number of hydrogen-bond donors (Lipinski definition) is 1. The van der Waals surface area contributed by atoms with E-state index in [0.717, 1.165) is 12.8 Å². The summed E-state index contributed by atoms with van der Waals surface area (Å²) in [5.41, 5.74) is 0.610. The van der Waals surface area contributed by atoms with Gasteiger partial charge in [0.1, 0.15) is 5.75 Å². The molecule has 0 unspecified atom stereocenters. The Labute approximate surface area is 109 Å². The molecule has 1 aromatic rings. The maximum absolute atomic E-state index is 11.2. The molecule has 102 valence electrons. The van der Waals surface area contributed by atoms with Gasteiger partial charge < -0.3 is 4.74 Å². The molecule has 1 rings (SSSR count). The van der Waals surface area contributed by atoms with Crippen LogP contribution in [0.2, 0.25) is 0 Å². The summed E-state index contributed by atoms with van der Waals surface area (Å²) in [5.74, 6) is 1.35. The third-order valence-electron chi connectivity index (χ3n) is 2.65. The lowest BCUT2D eigenvalue weighted by Crippen LogP contribution is -2.13. The summed E-state index contributed by atoms with van der Waals surface area (Å²) < 4.78 is 28.0. The zero-order chi connectivity index (χ0) is 13.8. The fraction of sp³-hybridized carbons (Fsp3) is 0.538. The molecule has 0 bridgehead atoms. The maximum Gasteiger partial charge on any atom is 0.238 e. The lowest BCUT2D eigenvalue weighted by Gasteiger charge is -2.10. The highest BCUT2D eigenvalue weighted by molar-refractivity contribution is 7.89. The smallest absolute Gasteiger partial charge is 0.238 e. The summed E-state index contributed by atoms with van der Waals surface area (Å²) in [6.07, 6.45) is 2.11. The normalized spacial score (nSPS) is 11.8. The van der Waals surface area contributed by atoms with Crippen molar-refractivity contribution in [3.8, 4) is 5.75 Å². The molecule has 0 spiro atoms. The minimum absolute atomic E-state index is 0.150. The molecule has 0 saturated heterocycles. The van der Waals surface area contributed by atoms with E-state index in [1.807, 2.05) is 0 Å². The second kappa shape index (κ2) is 6.20. The zero-order valence-electron chi connectivity index (χ0n) is 11.1. The topological polar surface area (TPSA) is 69.4 Å². The van der Waals surface area contributed by atoms with E-state index < -0.39 is 10.0 Å². The number of hydrogen-bond acceptors (Lipinski definition) is 3. The molecular weight excluding hydrogens is 250 g/mol. The number of nitrogens with two attached hydrogens (primary N) is 1. The van der Waals surface area contributed by atoms with Crippen LogP contribution in [0.5, 0.6) is 5.75 Å². The average molecular weight is 271 g/mol. The van der Waals surface area contributed by atoms with Gasteiger partial charge in [0.15, 0.2) is 0 Å². The van der Waals surface area contributed by atoms with Crippen LogP contribution in [0.15, 0.2) is 23.1 Å². The van der Waals surface area contributed by atoms with Gasteiger partial charge in [-0.1, -0.05) is 13.8 Å². The molecular formula is C13H21NO3S. The molecule has 0 aliphatic carbocycles. The summed E-state index contributed by atoms with van der Waals surface area (Å²) in [5, 5.41) is 5.09. The standard InChI is InChI=1S/C13H21NO3S/c1-10(2)5-4-8-17-12-6-7-13(11(3)9-12)18(14,15)16/h6-7,9-10H,4-5,8H2,1-3H3,(H2,14,15,16). The Morgan fingerprint density at radius 3 is 2.50 bits per heavy atom. The molecule has 2 N–H and O–H groups in total. The molecule has 0 aliphatic rings. The Kier molecular flexibility index (Phi) is 5.16. The molecule has 0 heterocycles. The molecule has 0 saturated carbocycles. The first-order valence-corrected chi connectivity index (χ1v) is 7.61. The van der Waals surface area contributed by atoms with Crippen LogP contribution >= 0.6 is 0 Å². The summed E-state index contributed by atoms with van der Waals surface area (Å²) in [4.78, 5) is 0.150. The van der Waals surface area contributed by atoms with E-state index in [1.54, 1.807) is 19.1 Å². The van der Waals surface area contributed by atoms with Gasteiger partial charge in [0.05, 0.1) is 11.5 Å². The van der Waals surface area contributed by atoms with Crippen LogP contribution in [0.25, 0.3) is 0 Å². The quantitative estimate of drug-likeness (QED) is 0.808. The SMILES string of the molecule is Cc1cc(OCCCC(C)C)ccc1S(N)(=O)=O. The first-order chi connectivity index (χ1) is 8.30. The molecule has 5 heteroatoms. The van der Waals surface area contributed by atoms with Gasteiger partial charge in [-0.05, 0) is 49.4 Å². The number of aryl methyl sites for hydroxylation is 1. The summed E-state index contributed by atoms with van der Waals surface area (Å²) in [6.45, 7) is 6.70. The van der Waals surface area contributed by atoms with Gasteiger partial charge in [0.2, 0.25) is 10.0 Å². The van der Waals surface area contributed by atoms with E-state index in [0.29, 0.717) is 23.8 Å². The minimum Gasteiger partial charge on any atom is -0.494 e. The second-order valence-corrected chi connectivity index (χ2v) is 6.39. The van der Waals surface area contributed by atoms with Gasteiger partial charge >= 0.3 is 0 Å². The van der Waals surface area contributed by atoms with Crippen LogP contribution < -0.4 is 9.88 Å². The highest BCUT2D eigenvalue weighted by atomic mass is 32.2. The van der Waals surface area contributed by atoms with Gasteiger partial charge in [0, 0.05) is 0 Å². The van der Waals surface area contributed by atoms with E-state index in [2.05, 4.69) is 13.8 Å². The third kappa shape index (κ3) is 4.66. The van der Waals surface area contributed by atoms with E-state index in [9.17, 15) is 8.42 Å². The van der Waals surface area contributed by atoms with Crippen molar-refractivity contribution in [2.45, 2.75) is 38.5 Å². The summed E-state index contributed by atoms with van der Waals surface area (Å²) in [6, 6.07) is 4.83. The van der Waals surface area contributed by atoms with E-state index in [1.165, 1.54) is 6.07 Å². The molecule has 0 aromatic heterocycles. The Morgan fingerprint density at radius 2 is 2.00 bits per heavy atom. The zero-order valence-corrected chi connectivity index (χ0v) is 12.0. The molecule has 18 heavy (non-hydrogen) atoms. The van der Waals surface area contributed by atoms with Gasteiger partial charge in [-0.3, -0.25) is 0 Å². The molecule has 0 atom stereocenters. The number of benzene rings is 1. The van der Waals surface area contributed by atoms with Crippen molar-refractivity contribution >= 4 is 10.0 Å². The van der Waals surface area contributed by atoms with Crippen molar-refractivity contribution in [1.29, 1.82) is 0 Å². The second-order valence-electron chi connectivity index (χ2n) is 4.86. The number of ether oxygens (including phenoxy) is 1. The van der Waals surface area contributed by atoms with Gasteiger partial charge in [0.25, 0.3) is 0 Å². The van der Waals surface area contributed by atoms with Crippen molar-refractivity contribution in [2.75, 3.05) is 6.61 Å². The maximum atomic E-state index is 11.2. The van der Waals surface area contributed by atoms with Gasteiger partial charge in [-0.15, -0.1) is 0 Å². The first kappa shape index (κ1) is 15.0. The Hall–Kier alpha value is -1.07. The highest BCUT2D eigenvalue weighted by Crippen LogP contribution is 2.20. The molecule has 0 fully saturated rings. The molecule has 0 radical (unpaired) electrons. The van der Waals surface area contributed by atoms with Crippen LogP contribution in [-0.4, -0.2) is 15.0 Å². The van der Waals surface area contributed by atoms with Crippen molar-refractivity contribution in [1.82, 2.24) is 0 Å². The van der Waals surface area contributed by atoms with E-state index in [-0.39, 0.29) is 4.90 Å². The van der Waals surface area contributed by atoms with E-state index >= 15 is 0 Å². The largest absolute Gasteiger partial charge is 0.494 e. The molecule has 4 nitrogen and oxygen atoms in total. The Balaban J connectivity index is 2.63. The predicted molar refractivity (Wildman–Crippen MR) is 72.1 cm³/mol. The van der Waals surface area contributed by atoms with E-state index in [4.69, 9.17) is 9.88 Å². The van der Waals surface area contributed by atoms with Crippen LogP contribution in [0, 0.1) is 12.8 Å². The van der Waals surface area contributed by atoms with Gasteiger partial charge in [-0.25, -0.2) is 13.6 Å². The van der Waals surface area contributed by atoms with Crippen molar-refractivity contribution in [3.63, 3.8) is 0 Å². The average Bonchev–Trinajstić information content (AvgIpc) is 2.22. The predicted octanol–water partition coefficient (Wildman–Crippen LogP) is 2.46. The van der Waals surface area contributed by atoms with Gasteiger partial charge in [-0.2, -0.15) is 0 Å². The molecule has 0 amide bonds. The molecule has 1 aromatic carbocycles. The third-order valence-corrected chi connectivity index (χ3v) is 3.72. The fourth-order valence-corrected chi connectivity index (χ4v) is 2.48. The van der Waals surface area contributed by atoms with Crippen molar-refractivity contribution in [3.05, 3.63) is 23.8 Å². The lowest BCUT2D eigenvalue weighted by atomic mass is 10.1. The van der Waals surface area contributed by atoms with Crippen molar-refractivity contribution < 1.29 is 13.2 Å². The molecule has 0 aliphatic heterocycles. The monoisotopic (exact) mass is 271 g/mol.